The third-order valence-corrected chi connectivity index (χ3v) is 8.75. The minimum absolute atomic E-state index is 0.0374. The van der Waals surface area contributed by atoms with Gasteiger partial charge in [0.25, 0.3) is 0 Å². The van der Waals surface area contributed by atoms with E-state index in [1.54, 1.807) is 0 Å². The van der Waals surface area contributed by atoms with E-state index in [0.29, 0.717) is 78.0 Å². The summed E-state index contributed by atoms with van der Waals surface area (Å²) in [5.74, 6) is -2.04. The number of hydrogen-bond donors (Lipinski definition) is 6. The van der Waals surface area contributed by atoms with E-state index < -0.39 is 18.0 Å². The number of carboxylic acids is 2. The maximum absolute atomic E-state index is 12.3. The molecule has 6 N–H and O–H groups in total. The van der Waals surface area contributed by atoms with Crippen LogP contribution in [-0.4, -0.2) is 112 Å². The molecule has 1 atom stereocenters. The summed E-state index contributed by atoms with van der Waals surface area (Å²) in [6, 6.07) is -0.860. The second-order valence-electron chi connectivity index (χ2n) is 13.9. The Balaban J connectivity index is 3.65. The van der Waals surface area contributed by atoms with Gasteiger partial charge >= 0.3 is 11.9 Å². The highest BCUT2D eigenvalue weighted by molar-refractivity contribution is 5.78. The van der Waals surface area contributed by atoms with E-state index >= 15 is 0 Å². The Kier molecular flexibility index (Phi) is 36.8. The second kappa shape index (κ2) is 39.1. The molecule has 0 saturated carbocycles. The van der Waals surface area contributed by atoms with Gasteiger partial charge in [0.05, 0.1) is 46.2 Å². The fourth-order valence-corrected chi connectivity index (χ4v) is 5.55. The van der Waals surface area contributed by atoms with Gasteiger partial charge in [-0.15, -0.1) is 0 Å². The van der Waals surface area contributed by atoms with Gasteiger partial charge in [0.2, 0.25) is 11.8 Å². The van der Waals surface area contributed by atoms with Gasteiger partial charge in [-0.3, -0.25) is 14.4 Å². The highest BCUT2D eigenvalue weighted by Crippen LogP contribution is 2.15. The van der Waals surface area contributed by atoms with Crippen molar-refractivity contribution in [3.8, 4) is 0 Å². The lowest BCUT2D eigenvalue weighted by molar-refractivity contribution is -0.140. The van der Waals surface area contributed by atoms with Crippen molar-refractivity contribution in [1.82, 2.24) is 21.3 Å². The van der Waals surface area contributed by atoms with E-state index in [1.807, 2.05) is 0 Å². The Morgan fingerprint density at radius 3 is 1.51 bits per heavy atom. The lowest BCUT2D eigenvalue weighted by Gasteiger charge is -2.17. The lowest BCUT2D eigenvalue weighted by atomic mass is 10.0. The highest BCUT2D eigenvalue weighted by Gasteiger charge is 2.19. The van der Waals surface area contributed by atoms with E-state index in [-0.39, 0.29) is 37.7 Å². The second-order valence-corrected chi connectivity index (χ2v) is 13.9. The largest absolute Gasteiger partial charge is 0.481 e. The summed E-state index contributed by atoms with van der Waals surface area (Å²) in [5, 5.41) is 29.9. The molecule has 0 aliphatic heterocycles. The number of amides is 2. The third kappa shape index (κ3) is 38.9. The van der Waals surface area contributed by atoms with Crippen LogP contribution in [0.5, 0.6) is 0 Å². The summed E-state index contributed by atoms with van der Waals surface area (Å²) < 4.78 is 21.8. The van der Waals surface area contributed by atoms with Crippen LogP contribution in [0.4, 0.5) is 0 Å². The summed E-state index contributed by atoms with van der Waals surface area (Å²) >= 11 is 0. The Bertz CT molecular complexity index is 1010. The van der Waals surface area contributed by atoms with Crippen molar-refractivity contribution in [1.29, 1.82) is 0 Å². The normalized spacial score (nSPS) is 11.5. The molecule has 0 aromatic rings. The molecule has 0 aliphatic carbocycles. The molecule has 0 rings (SSSR count). The number of hydrogen-bond acceptors (Lipinski definition) is 10. The Morgan fingerprint density at radius 2 is 0.982 bits per heavy atom. The molecule has 0 aliphatic rings. The standard InChI is InChI=1S/C41H76N4O10/c1-4-5-24-43-39(47)34-55-32-30-52-27-25-42-36(3)33-54-31-29-53-28-26-44-38(46)23-22-37(41(50)51)45-35(2)20-18-16-14-12-10-8-6-7-9-11-13-15-17-19-21-40(48)49/h37,42,45H,2-34H2,1H3,(H,43,47)(H,44,46)(H,48,49)(H,50,51). The molecular weight excluding hydrogens is 708 g/mol. The van der Waals surface area contributed by atoms with Crippen LogP contribution >= 0.6 is 0 Å². The maximum Gasteiger partial charge on any atom is 0.326 e. The predicted octanol–water partition coefficient (Wildman–Crippen LogP) is 5.85. The van der Waals surface area contributed by atoms with Crippen LogP contribution in [0.3, 0.4) is 0 Å². The number of nitrogens with one attached hydrogen (secondary N) is 4. The zero-order valence-corrected chi connectivity index (χ0v) is 34.1. The number of unbranched alkanes of at least 4 members (excludes halogenated alkanes) is 14. The topological polar surface area (TPSA) is 194 Å². The van der Waals surface area contributed by atoms with Gasteiger partial charge in [0.1, 0.15) is 12.6 Å². The number of ether oxygens (including phenoxy) is 4. The minimum atomic E-state index is -0.999. The van der Waals surface area contributed by atoms with Gasteiger partial charge in [-0.2, -0.15) is 0 Å². The summed E-state index contributed by atoms with van der Waals surface area (Å²) in [6.45, 7) is 14.2. The molecule has 0 heterocycles. The highest BCUT2D eigenvalue weighted by atomic mass is 16.5. The molecule has 14 nitrogen and oxygen atoms in total. The minimum Gasteiger partial charge on any atom is -0.481 e. The van der Waals surface area contributed by atoms with Crippen molar-refractivity contribution < 1.29 is 48.3 Å². The number of allylic oxidation sites excluding steroid dienone is 1. The molecule has 0 radical (unpaired) electrons. The van der Waals surface area contributed by atoms with E-state index in [1.165, 1.54) is 51.4 Å². The van der Waals surface area contributed by atoms with Crippen LogP contribution in [-0.2, 0) is 38.1 Å². The van der Waals surface area contributed by atoms with Crippen molar-refractivity contribution in [2.24, 2.45) is 0 Å². The molecule has 0 saturated heterocycles. The Hall–Kier alpha value is -3.20. The first-order valence-electron chi connectivity index (χ1n) is 20.8. The van der Waals surface area contributed by atoms with Crippen molar-refractivity contribution >= 4 is 23.8 Å². The molecule has 320 valence electrons. The van der Waals surface area contributed by atoms with Gasteiger partial charge in [-0.05, 0) is 32.1 Å². The van der Waals surface area contributed by atoms with Crippen molar-refractivity contribution in [2.45, 2.75) is 141 Å². The molecule has 0 aromatic heterocycles. The van der Waals surface area contributed by atoms with Crippen molar-refractivity contribution in [3.63, 3.8) is 0 Å². The van der Waals surface area contributed by atoms with Crippen molar-refractivity contribution in [2.75, 3.05) is 72.5 Å². The first-order valence-corrected chi connectivity index (χ1v) is 20.8. The third-order valence-electron chi connectivity index (χ3n) is 8.75. The molecule has 0 bridgehead atoms. The van der Waals surface area contributed by atoms with Crippen LogP contribution in [0, 0.1) is 0 Å². The predicted molar refractivity (Wildman–Crippen MR) is 216 cm³/mol. The SMILES string of the molecule is C=C(COCCOCCNC(=O)CCC(NC(=C)CCCCCCCCCCCCCCCCC(=O)O)C(=O)O)NCCOCCOCC(=O)NCCCC. The molecule has 55 heavy (non-hydrogen) atoms. The van der Waals surface area contributed by atoms with Gasteiger partial charge in [-0.25, -0.2) is 4.79 Å². The fraction of sp³-hybridized carbons (Fsp3) is 0.805. The summed E-state index contributed by atoms with van der Waals surface area (Å²) in [7, 11) is 0. The number of carbonyl (C=O) groups excluding carboxylic acids is 2. The maximum atomic E-state index is 12.3. The monoisotopic (exact) mass is 785 g/mol. The van der Waals surface area contributed by atoms with Gasteiger partial charge in [0, 0.05) is 43.9 Å². The smallest absolute Gasteiger partial charge is 0.326 e. The van der Waals surface area contributed by atoms with E-state index in [4.69, 9.17) is 24.1 Å². The zero-order chi connectivity index (χ0) is 40.6. The molecule has 2 amide bonds. The average Bonchev–Trinajstić information content (AvgIpc) is 3.15. The summed E-state index contributed by atoms with van der Waals surface area (Å²) in [4.78, 5) is 46.1. The number of carboxylic acid groups (broad SMARTS) is 2. The molecule has 0 aromatic carbocycles. The molecule has 14 heteroatoms. The summed E-state index contributed by atoms with van der Waals surface area (Å²) in [6.07, 6.45) is 19.4. The Morgan fingerprint density at radius 1 is 0.509 bits per heavy atom. The molecular formula is C41H76N4O10. The molecule has 1 unspecified atom stereocenters. The van der Waals surface area contributed by atoms with Crippen LogP contribution in [0.1, 0.15) is 135 Å². The first kappa shape index (κ1) is 51.8. The zero-order valence-electron chi connectivity index (χ0n) is 34.1. The Labute approximate surface area is 331 Å². The van der Waals surface area contributed by atoms with Gasteiger partial charge in [0.15, 0.2) is 0 Å². The van der Waals surface area contributed by atoms with Crippen LogP contribution in [0.15, 0.2) is 24.6 Å². The number of aliphatic carboxylic acids is 2. The fourth-order valence-electron chi connectivity index (χ4n) is 5.55. The molecule has 0 fully saturated rings. The van der Waals surface area contributed by atoms with Crippen LogP contribution in [0.2, 0.25) is 0 Å². The molecule has 0 spiro atoms. The lowest BCUT2D eigenvalue weighted by Crippen LogP contribution is -2.37. The summed E-state index contributed by atoms with van der Waals surface area (Å²) in [5.41, 5.74) is 1.41. The average molecular weight is 785 g/mol. The first-order chi connectivity index (χ1) is 26.6. The van der Waals surface area contributed by atoms with Gasteiger partial charge in [-0.1, -0.05) is 104 Å². The van der Waals surface area contributed by atoms with Crippen molar-refractivity contribution in [3.05, 3.63) is 24.6 Å². The van der Waals surface area contributed by atoms with Gasteiger partial charge < -0.3 is 50.4 Å². The quantitative estimate of drug-likeness (QED) is 0.0405. The van der Waals surface area contributed by atoms with E-state index in [0.717, 1.165) is 57.1 Å². The van der Waals surface area contributed by atoms with E-state index in [9.17, 15) is 24.3 Å². The van der Waals surface area contributed by atoms with E-state index in [2.05, 4.69) is 41.3 Å². The van der Waals surface area contributed by atoms with Crippen LogP contribution < -0.4 is 21.3 Å². The number of rotatable bonds is 43. The van der Waals surface area contributed by atoms with Crippen LogP contribution in [0.25, 0.3) is 0 Å². The number of carbonyl (C=O) groups is 4.